The van der Waals surface area contributed by atoms with Crippen LogP contribution in [-0.4, -0.2) is 47.9 Å². The second kappa shape index (κ2) is 8.82. The van der Waals surface area contributed by atoms with Gasteiger partial charge in [0.15, 0.2) is 4.32 Å². The van der Waals surface area contributed by atoms with E-state index in [0.717, 1.165) is 24.3 Å². The lowest BCUT2D eigenvalue weighted by Gasteiger charge is -2.25. The quantitative estimate of drug-likeness (QED) is 0.485. The van der Waals surface area contributed by atoms with Gasteiger partial charge in [0.2, 0.25) is 0 Å². The molecule has 31 heavy (non-hydrogen) atoms. The Morgan fingerprint density at radius 3 is 2.32 bits per heavy atom. The molecular weight excluding hydrogens is 430 g/mol. The molecule has 0 unspecified atom stereocenters. The van der Waals surface area contributed by atoms with E-state index in [2.05, 4.69) is 18.7 Å². The molecule has 8 heteroatoms. The Bertz CT molecular complexity index is 1080. The van der Waals surface area contributed by atoms with E-state index in [0.29, 0.717) is 32.9 Å². The first kappa shape index (κ1) is 21.5. The number of ether oxygens (including phenoxy) is 1. The second-order valence-corrected chi connectivity index (χ2v) is 8.75. The first-order chi connectivity index (χ1) is 15.0. The van der Waals surface area contributed by atoms with Crippen molar-refractivity contribution in [2.24, 2.45) is 0 Å². The molecule has 160 valence electrons. The van der Waals surface area contributed by atoms with Gasteiger partial charge in [0.1, 0.15) is 5.75 Å². The number of thioether (sulfide) groups is 1. The summed E-state index contributed by atoms with van der Waals surface area (Å²) in [6.45, 7) is 6.27. The highest BCUT2D eigenvalue weighted by Gasteiger charge is 2.42. The molecule has 2 aliphatic rings. The predicted octanol–water partition coefficient (Wildman–Crippen LogP) is 4.12. The number of nitrogens with zero attached hydrogens (tertiary/aromatic N) is 3. The smallest absolute Gasteiger partial charge is 0.271 e. The van der Waals surface area contributed by atoms with Crippen molar-refractivity contribution in [1.82, 2.24) is 4.90 Å². The fraction of sp³-hybridized carbons (Fsp3) is 0.261. The number of rotatable bonds is 6. The van der Waals surface area contributed by atoms with E-state index in [1.807, 2.05) is 24.3 Å². The number of benzene rings is 2. The van der Waals surface area contributed by atoms with Crippen molar-refractivity contribution in [3.05, 3.63) is 59.0 Å². The Labute approximate surface area is 191 Å². The molecule has 2 heterocycles. The molecule has 0 atom stereocenters. The Kier molecular flexibility index (Phi) is 6.13. The van der Waals surface area contributed by atoms with E-state index >= 15 is 0 Å². The first-order valence-corrected chi connectivity index (χ1v) is 11.3. The van der Waals surface area contributed by atoms with Crippen molar-refractivity contribution in [3.63, 3.8) is 0 Å². The molecular formula is C23H23N3O3S2. The summed E-state index contributed by atoms with van der Waals surface area (Å²) in [4.78, 5) is 32.7. The number of fused-ring (bicyclic) bond motifs is 1. The van der Waals surface area contributed by atoms with Crippen LogP contribution in [0.25, 0.3) is 5.57 Å². The molecule has 6 nitrogen and oxygen atoms in total. The molecule has 0 saturated carbocycles. The van der Waals surface area contributed by atoms with Gasteiger partial charge in [-0.1, -0.05) is 56.0 Å². The Morgan fingerprint density at radius 1 is 1.00 bits per heavy atom. The largest absolute Gasteiger partial charge is 0.497 e. The summed E-state index contributed by atoms with van der Waals surface area (Å²) >= 11 is 6.70. The number of carbonyl (C=O) groups is 2. The predicted molar refractivity (Wildman–Crippen MR) is 129 cm³/mol. The lowest BCUT2D eigenvalue weighted by Crippen LogP contribution is -2.39. The Hall–Kier alpha value is -2.68. The number of anilines is 2. The van der Waals surface area contributed by atoms with Gasteiger partial charge in [-0.15, -0.1) is 0 Å². The number of hydrogen-bond acceptors (Lipinski definition) is 6. The number of hydrogen-bond donors (Lipinski definition) is 0. The molecule has 0 N–H and O–H groups in total. The van der Waals surface area contributed by atoms with Crippen molar-refractivity contribution in [1.29, 1.82) is 0 Å². The van der Waals surface area contributed by atoms with Gasteiger partial charge < -0.3 is 4.74 Å². The van der Waals surface area contributed by atoms with Gasteiger partial charge in [-0.25, -0.2) is 0 Å². The zero-order valence-corrected chi connectivity index (χ0v) is 19.3. The molecule has 1 saturated heterocycles. The summed E-state index contributed by atoms with van der Waals surface area (Å²) in [6, 6.07) is 14.7. The fourth-order valence-corrected chi connectivity index (χ4v) is 5.11. The maximum atomic E-state index is 13.5. The van der Waals surface area contributed by atoms with Crippen LogP contribution in [0.3, 0.4) is 0 Å². The summed E-state index contributed by atoms with van der Waals surface area (Å²) in [5.41, 5.74) is 2.67. The van der Waals surface area contributed by atoms with Gasteiger partial charge in [0.05, 0.1) is 35.6 Å². The minimum absolute atomic E-state index is 0.164. The highest BCUT2D eigenvalue weighted by molar-refractivity contribution is 8.27. The van der Waals surface area contributed by atoms with Crippen LogP contribution in [0, 0.1) is 0 Å². The number of thiocarbonyl (C=S) groups is 1. The lowest BCUT2D eigenvalue weighted by atomic mass is 10.1. The summed E-state index contributed by atoms with van der Waals surface area (Å²) in [7, 11) is 1.59. The topological polar surface area (TPSA) is 53.1 Å². The fourth-order valence-electron chi connectivity index (χ4n) is 3.74. The molecule has 2 aromatic carbocycles. The van der Waals surface area contributed by atoms with Gasteiger partial charge in [0, 0.05) is 5.56 Å². The van der Waals surface area contributed by atoms with Crippen LogP contribution in [0.15, 0.2) is 53.4 Å². The van der Waals surface area contributed by atoms with Crippen LogP contribution in [-0.2, 0) is 9.59 Å². The highest BCUT2D eigenvalue weighted by atomic mass is 32.2. The van der Waals surface area contributed by atoms with Crippen LogP contribution in [0.5, 0.6) is 5.75 Å². The minimum Gasteiger partial charge on any atom is -0.497 e. The molecule has 2 aromatic rings. The van der Waals surface area contributed by atoms with Gasteiger partial charge >= 0.3 is 0 Å². The van der Waals surface area contributed by atoms with Crippen LogP contribution in [0.2, 0.25) is 0 Å². The standard InChI is InChI=1S/C23H23N3O3S2/c1-4-24(5-2)14-25-18-9-7-6-8-17(18)19(21(25)27)20-22(28)26(23(30)31-20)15-10-12-16(29-3)13-11-15/h6-13H,4-5,14H2,1-3H3. The van der Waals surface area contributed by atoms with Crippen LogP contribution < -0.4 is 14.5 Å². The maximum absolute atomic E-state index is 13.5. The Morgan fingerprint density at radius 2 is 1.68 bits per heavy atom. The van der Waals surface area contributed by atoms with Crippen LogP contribution >= 0.6 is 24.0 Å². The van der Waals surface area contributed by atoms with E-state index in [1.54, 1.807) is 36.3 Å². The molecule has 2 amide bonds. The Balaban J connectivity index is 1.75. The number of methoxy groups -OCH3 is 1. The molecule has 0 aromatic heterocycles. The normalized spacial score (nSPS) is 18.4. The van der Waals surface area contributed by atoms with Gasteiger partial charge in [-0.2, -0.15) is 0 Å². The van der Waals surface area contributed by atoms with Gasteiger partial charge in [0.25, 0.3) is 11.8 Å². The van der Waals surface area contributed by atoms with E-state index in [1.165, 1.54) is 16.7 Å². The molecule has 1 fully saturated rings. The molecule has 0 bridgehead atoms. The van der Waals surface area contributed by atoms with Crippen molar-refractivity contribution >= 4 is 57.1 Å². The molecule has 0 radical (unpaired) electrons. The maximum Gasteiger partial charge on any atom is 0.271 e. The minimum atomic E-state index is -0.275. The number of carbonyl (C=O) groups excluding carboxylic acids is 2. The molecule has 4 rings (SSSR count). The third-order valence-corrected chi connectivity index (χ3v) is 6.86. The van der Waals surface area contributed by atoms with E-state index in [4.69, 9.17) is 17.0 Å². The molecule has 0 aliphatic carbocycles. The van der Waals surface area contributed by atoms with Crippen LogP contribution in [0.4, 0.5) is 11.4 Å². The summed E-state index contributed by atoms with van der Waals surface area (Å²) in [6.07, 6.45) is 0. The SMILES string of the molecule is CCN(CC)CN1C(=O)C(=C2SC(=S)N(c3ccc(OC)cc3)C2=O)c2ccccc21. The van der Waals surface area contributed by atoms with Crippen molar-refractivity contribution in [2.75, 3.05) is 36.7 Å². The third kappa shape index (κ3) is 3.75. The van der Waals surface area contributed by atoms with E-state index in [-0.39, 0.29) is 11.8 Å². The van der Waals surface area contributed by atoms with Crippen molar-refractivity contribution in [3.8, 4) is 5.75 Å². The lowest BCUT2D eigenvalue weighted by molar-refractivity contribution is -0.115. The zero-order chi connectivity index (χ0) is 22.1. The van der Waals surface area contributed by atoms with Crippen LogP contribution in [0.1, 0.15) is 19.4 Å². The van der Waals surface area contributed by atoms with Gasteiger partial charge in [-0.05, 0) is 43.4 Å². The number of para-hydroxylation sites is 1. The van der Waals surface area contributed by atoms with E-state index < -0.39 is 0 Å². The second-order valence-electron chi connectivity index (χ2n) is 7.11. The number of amides is 2. The third-order valence-electron chi connectivity index (χ3n) is 5.49. The van der Waals surface area contributed by atoms with Crippen molar-refractivity contribution in [2.45, 2.75) is 13.8 Å². The highest BCUT2D eigenvalue weighted by Crippen LogP contribution is 2.45. The van der Waals surface area contributed by atoms with Crippen molar-refractivity contribution < 1.29 is 14.3 Å². The first-order valence-electron chi connectivity index (χ1n) is 10.1. The summed E-state index contributed by atoms with van der Waals surface area (Å²) < 4.78 is 5.61. The zero-order valence-electron chi connectivity index (χ0n) is 17.6. The monoisotopic (exact) mass is 453 g/mol. The van der Waals surface area contributed by atoms with Gasteiger partial charge in [-0.3, -0.25) is 24.3 Å². The average molecular weight is 454 g/mol. The summed E-state index contributed by atoms with van der Waals surface area (Å²) in [5, 5.41) is 0. The average Bonchev–Trinajstić information content (AvgIpc) is 3.23. The molecule has 0 spiro atoms. The van der Waals surface area contributed by atoms with E-state index in [9.17, 15) is 9.59 Å². The molecule has 2 aliphatic heterocycles. The summed E-state index contributed by atoms with van der Waals surface area (Å²) in [5.74, 6) is 0.255.